The summed E-state index contributed by atoms with van der Waals surface area (Å²) in [5.41, 5.74) is 2.49. The second kappa shape index (κ2) is 7.28. The van der Waals surface area contributed by atoms with Gasteiger partial charge in [0.15, 0.2) is 0 Å². The maximum Gasteiger partial charge on any atom is 0.278 e. The molecule has 0 unspecified atom stereocenters. The van der Waals surface area contributed by atoms with Crippen molar-refractivity contribution in [1.29, 1.82) is 5.26 Å². The minimum Gasteiger partial charge on any atom is -0.411 e. The summed E-state index contributed by atoms with van der Waals surface area (Å²) < 4.78 is 19.2. The molecule has 0 saturated carbocycles. The standard InChI is InChI=1S/C18H14FN3OS/c1-12-6-8-13(9-7-12)10-14(11-20)24-18-22-21-17(23-18)15-4-2-3-5-16(15)19/h2-9,14H,10H2,1H3/t14-/m1/s1. The van der Waals surface area contributed by atoms with Gasteiger partial charge in [-0.25, -0.2) is 4.39 Å². The second-order valence-electron chi connectivity index (χ2n) is 5.28. The van der Waals surface area contributed by atoms with Crippen LogP contribution in [0.5, 0.6) is 0 Å². The van der Waals surface area contributed by atoms with E-state index in [1.165, 1.54) is 23.4 Å². The quantitative estimate of drug-likeness (QED) is 0.644. The normalized spacial score (nSPS) is 11.9. The lowest BCUT2D eigenvalue weighted by Crippen LogP contribution is -2.03. The molecule has 0 spiro atoms. The van der Waals surface area contributed by atoms with E-state index >= 15 is 0 Å². The number of hydrogen-bond acceptors (Lipinski definition) is 5. The monoisotopic (exact) mass is 339 g/mol. The van der Waals surface area contributed by atoms with E-state index in [1.807, 2.05) is 31.2 Å². The Bertz CT molecular complexity index is 870. The van der Waals surface area contributed by atoms with Crippen LogP contribution in [-0.4, -0.2) is 15.4 Å². The van der Waals surface area contributed by atoms with Gasteiger partial charge in [0.1, 0.15) is 11.1 Å². The Labute approximate surface area is 143 Å². The molecule has 4 nitrogen and oxygen atoms in total. The third-order valence-electron chi connectivity index (χ3n) is 3.44. The summed E-state index contributed by atoms with van der Waals surface area (Å²) in [4.78, 5) is 0. The highest BCUT2D eigenvalue weighted by molar-refractivity contribution is 7.99. The first-order valence-corrected chi connectivity index (χ1v) is 8.24. The minimum absolute atomic E-state index is 0.114. The first kappa shape index (κ1) is 16.2. The van der Waals surface area contributed by atoms with Gasteiger partial charge in [-0.05, 0) is 42.8 Å². The van der Waals surface area contributed by atoms with Gasteiger partial charge in [0, 0.05) is 0 Å². The lowest BCUT2D eigenvalue weighted by atomic mass is 10.1. The van der Waals surface area contributed by atoms with Gasteiger partial charge >= 0.3 is 0 Å². The fraction of sp³-hybridized carbons (Fsp3) is 0.167. The maximum atomic E-state index is 13.7. The second-order valence-corrected chi connectivity index (χ2v) is 6.43. The summed E-state index contributed by atoms with van der Waals surface area (Å²) in [6.45, 7) is 2.02. The lowest BCUT2D eigenvalue weighted by molar-refractivity contribution is 0.462. The third kappa shape index (κ3) is 3.81. The summed E-state index contributed by atoms with van der Waals surface area (Å²) in [6, 6.07) is 16.5. The number of nitriles is 1. The SMILES string of the molecule is Cc1ccc(C[C@H](C#N)Sc2nnc(-c3ccccc3F)o2)cc1. The zero-order valence-electron chi connectivity index (χ0n) is 12.9. The molecule has 0 aliphatic rings. The van der Waals surface area contributed by atoms with Crippen LogP contribution in [-0.2, 0) is 6.42 Å². The summed E-state index contributed by atoms with van der Waals surface area (Å²) in [7, 11) is 0. The molecule has 3 rings (SSSR count). The molecule has 0 saturated heterocycles. The molecule has 0 bridgehead atoms. The van der Waals surface area contributed by atoms with Crippen LogP contribution >= 0.6 is 11.8 Å². The number of benzene rings is 2. The van der Waals surface area contributed by atoms with Gasteiger partial charge < -0.3 is 4.42 Å². The van der Waals surface area contributed by atoms with Crippen molar-refractivity contribution in [3.63, 3.8) is 0 Å². The van der Waals surface area contributed by atoms with E-state index in [1.54, 1.807) is 18.2 Å². The summed E-state index contributed by atoms with van der Waals surface area (Å²) in [5.74, 6) is -0.309. The van der Waals surface area contributed by atoms with Gasteiger partial charge in [0.2, 0.25) is 0 Å². The molecule has 120 valence electrons. The molecule has 0 aliphatic heterocycles. The van der Waals surface area contributed by atoms with Crippen molar-refractivity contribution >= 4 is 11.8 Å². The fourth-order valence-electron chi connectivity index (χ4n) is 2.17. The third-order valence-corrected chi connectivity index (χ3v) is 4.36. The maximum absolute atomic E-state index is 13.7. The van der Waals surface area contributed by atoms with Crippen LogP contribution in [0.4, 0.5) is 4.39 Å². The average molecular weight is 339 g/mol. The van der Waals surface area contributed by atoms with Crippen LogP contribution in [0, 0.1) is 24.1 Å². The van der Waals surface area contributed by atoms with Gasteiger partial charge in [-0.1, -0.05) is 42.0 Å². The largest absolute Gasteiger partial charge is 0.411 e. The van der Waals surface area contributed by atoms with Crippen LogP contribution in [0.1, 0.15) is 11.1 Å². The highest BCUT2D eigenvalue weighted by Crippen LogP contribution is 2.28. The van der Waals surface area contributed by atoms with E-state index in [9.17, 15) is 9.65 Å². The molecule has 0 amide bonds. The van der Waals surface area contributed by atoms with Gasteiger partial charge in [0.25, 0.3) is 11.1 Å². The van der Waals surface area contributed by atoms with Gasteiger partial charge in [-0.2, -0.15) is 5.26 Å². The molecule has 1 atom stereocenters. The number of hydrogen-bond donors (Lipinski definition) is 0. The van der Waals surface area contributed by atoms with Gasteiger partial charge in [-0.3, -0.25) is 0 Å². The van der Waals surface area contributed by atoms with E-state index in [0.717, 1.165) is 5.56 Å². The Balaban J connectivity index is 1.72. The van der Waals surface area contributed by atoms with Crippen LogP contribution in [0.15, 0.2) is 58.2 Å². The smallest absolute Gasteiger partial charge is 0.278 e. The number of nitrogens with zero attached hydrogens (tertiary/aromatic N) is 3. The van der Waals surface area contributed by atoms with E-state index in [4.69, 9.17) is 4.42 Å². The minimum atomic E-state index is -0.422. The van der Waals surface area contributed by atoms with Gasteiger partial charge in [0.05, 0.1) is 11.6 Å². The molecule has 2 aromatic carbocycles. The Morgan fingerprint density at radius 3 is 2.62 bits per heavy atom. The van der Waals surface area contributed by atoms with Crippen molar-refractivity contribution in [2.24, 2.45) is 0 Å². The summed E-state index contributed by atoms with van der Waals surface area (Å²) >= 11 is 1.19. The lowest BCUT2D eigenvalue weighted by Gasteiger charge is -2.06. The van der Waals surface area contributed by atoms with Crippen LogP contribution in [0.25, 0.3) is 11.5 Å². The highest BCUT2D eigenvalue weighted by atomic mass is 32.2. The topological polar surface area (TPSA) is 62.7 Å². The molecule has 0 fully saturated rings. The Morgan fingerprint density at radius 2 is 1.92 bits per heavy atom. The molecule has 1 aromatic heterocycles. The fourth-order valence-corrected chi connectivity index (χ4v) is 2.96. The molecule has 24 heavy (non-hydrogen) atoms. The first-order valence-electron chi connectivity index (χ1n) is 7.36. The average Bonchev–Trinajstić information content (AvgIpc) is 3.05. The van der Waals surface area contributed by atoms with Crippen molar-refractivity contribution in [3.8, 4) is 17.5 Å². The molecule has 6 heteroatoms. The van der Waals surface area contributed by atoms with E-state index in [-0.39, 0.29) is 21.9 Å². The Hall–Kier alpha value is -2.65. The van der Waals surface area contributed by atoms with Crippen molar-refractivity contribution in [2.45, 2.75) is 23.8 Å². The van der Waals surface area contributed by atoms with E-state index in [0.29, 0.717) is 6.42 Å². The molecule has 0 aliphatic carbocycles. The van der Waals surface area contributed by atoms with Crippen LogP contribution in [0.3, 0.4) is 0 Å². The number of aromatic nitrogens is 2. The van der Waals surface area contributed by atoms with Crippen molar-refractivity contribution in [2.75, 3.05) is 0 Å². The van der Waals surface area contributed by atoms with Crippen molar-refractivity contribution < 1.29 is 8.81 Å². The Morgan fingerprint density at radius 1 is 1.17 bits per heavy atom. The molecular weight excluding hydrogens is 325 g/mol. The zero-order chi connectivity index (χ0) is 16.9. The number of thioether (sulfide) groups is 1. The molecule has 0 radical (unpaired) electrons. The van der Waals surface area contributed by atoms with E-state index in [2.05, 4.69) is 16.3 Å². The van der Waals surface area contributed by atoms with Gasteiger partial charge in [-0.15, -0.1) is 10.2 Å². The van der Waals surface area contributed by atoms with E-state index < -0.39 is 5.82 Å². The Kier molecular flexibility index (Phi) is 4.92. The van der Waals surface area contributed by atoms with Crippen LogP contribution in [0.2, 0.25) is 0 Å². The predicted molar refractivity (Wildman–Crippen MR) is 89.8 cm³/mol. The highest BCUT2D eigenvalue weighted by Gasteiger charge is 2.17. The molecular formula is C18H14FN3OS. The number of halogens is 1. The summed E-state index contributed by atoms with van der Waals surface area (Å²) in [5, 5.41) is 17.0. The molecule has 1 heterocycles. The number of aryl methyl sites for hydroxylation is 1. The molecule has 0 N–H and O–H groups in total. The number of rotatable bonds is 5. The zero-order valence-corrected chi connectivity index (χ0v) is 13.8. The first-order chi connectivity index (χ1) is 11.7. The van der Waals surface area contributed by atoms with Crippen molar-refractivity contribution in [3.05, 3.63) is 65.5 Å². The van der Waals surface area contributed by atoms with Crippen molar-refractivity contribution in [1.82, 2.24) is 10.2 Å². The molecule has 3 aromatic rings. The van der Waals surface area contributed by atoms with Crippen LogP contribution < -0.4 is 0 Å². The predicted octanol–water partition coefficient (Wildman–Crippen LogP) is 4.41. The summed E-state index contributed by atoms with van der Waals surface area (Å²) in [6.07, 6.45) is 0.568.